The minimum Gasteiger partial charge on any atom is -0.317 e. The summed E-state index contributed by atoms with van der Waals surface area (Å²) < 4.78 is 0. The average molecular weight is 394 g/mol. The smallest absolute Gasteiger partial charge is 0.317 e. The summed E-state index contributed by atoms with van der Waals surface area (Å²) in [5, 5.41) is 12.4. The molecule has 0 aromatic rings. The van der Waals surface area contributed by atoms with Crippen molar-refractivity contribution in [1.29, 1.82) is 0 Å². The van der Waals surface area contributed by atoms with Crippen molar-refractivity contribution in [2.24, 2.45) is 0 Å². The van der Waals surface area contributed by atoms with Crippen LogP contribution < -0.4 is 21.3 Å². The Hall–Kier alpha value is 0.463. The van der Waals surface area contributed by atoms with Crippen LogP contribution in [0.15, 0.2) is 0 Å². The van der Waals surface area contributed by atoms with Gasteiger partial charge in [0.25, 0.3) is 0 Å². The fourth-order valence-electron chi connectivity index (χ4n) is 1.000. The molecule has 5 heteroatoms. The summed E-state index contributed by atoms with van der Waals surface area (Å²) >= 11 is 0. The first-order valence-corrected chi connectivity index (χ1v) is 8.49. The van der Waals surface area contributed by atoms with E-state index in [9.17, 15) is 0 Å². The van der Waals surface area contributed by atoms with E-state index in [-0.39, 0.29) is 19.5 Å². The molecule has 0 fully saturated rings. The second kappa shape index (κ2) is 49.9. The van der Waals surface area contributed by atoms with E-state index in [0.717, 1.165) is 52.4 Å². The quantitative estimate of drug-likeness (QED) is 0.479. The van der Waals surface area contributed by atoms with Crippen molar-refractivity contribution in [3.05, 3.63) is 0 Å². The van der Waals surface area contributed by atoms with Gasteiger partial charge in [0.05, 0.1) is 0 Å². The van der Waals surface area contributed by atoms with E-state index in [0.29, 0.717) is 0 Å². The van der Waals surface area contributed by atoms with Crippen LogP contribution in [0.5, 0.6) is 0 Å². The Balaban J connectivity index is -0.0000000533. The number of nitrogens with one attached hydrogen (secondary N) is 4. The normalized spacial score (nSPS) is 8.00. The van der Waals surface area contributed by atoms with Crippen LogP contribution in [0.2, 0.25) is 0 Å². The van der Waals surface area contributed by atoms with Crippen LogP contribution in [-0.2, 0) is 19.5 Å². The fraction of sp³-hybridized carbons (Fsp3) is 1.00. The second-order valence-electron chi connectivity index (χ2n) is 3.83. The second-order valence-corrected chi connectivity index (χ2v) is 3.83. The Morgan fingerprint density at radius 2 is 0.429 bits per heavy atom. The number of hydrogen-bond donors (Lipinski definition) is 4. The monoisotopic (exact) mass is 394 g/mol. The molecular weight excluding hydrogens is 349 g/mol. The van der Waals surface area contributed by atoms with E-state index in [1.165, 1.54) is 0 Å². The van der Waals surface area contributed by atoms with Crippen LogP contribution in [0.4, 0.5) is 0 Å². The maximum absolute atomic E-state index is 3.11. The predicted octanol–water partition coefficient (Wildman–Crippen LogP) is 2.46. The molecule has 0 rings (SSSR count). The molecule has 0 heterocycles. The molecule has 0 spiro atoms. The molecule has 133 valence electrons. The fourth-order valence-corrected chi connectivity index (χ4v) is 1.000. The molecule has 0 aliphatic heterocycles. The molecule has 0 saturated heterocycles. The van der Waals surface area contributed by atoms with E-state index >= 15 is 0 Å². The Kier molecular flexibility index (Phi) is 78.8. The van der Waals surface area contributed by atoms with Crippen molar-refractivity contribution in [2.75, 3.05) is 52.4 Å². The van der Waals surface area contributed by atoms with Crippen LogP contribution in [0.3, 0.4) is 0 Å². The van der Waals surface area contributed by atoms with Crippen molar-refractivity contribution >= 4 is 0 Å². The third kappa shape index (κ3) is 97.4. The first-order chi connectivity index (χ1) is 9.66. The summed E-state index contributed by atoms with van der Waals surface area (Å²) in [7, 11) is 0. The van der Waals surface area contributed by atoms with E-state index in [1.807, 2.05) is 0 Å². The molecule has 0 aliphatic carbocycles. The molecule has 4 N–H and O–H groups in total. The zero-order valence-corrected chi connectivity index (χ0v) is 17.7. The van der Waals surface area contributed by atoms with Gasteiger partial charge in [-0.1, -0.05) is 55.4 Å². The Morgan fingerprint density at radius 1 is 0.333 bits per heavy atom. The van der Waals surface area contributed by atoms with E-state index < -0.39 is 0 Å². The maximum Gasteiger partial charge on any atom is 3.00 e. The molecule has 0 aliphatic rings. The molecule has 0 bridgehead atoms. The molecule has 21 heavy (non-hydrogen) atoms. The van der Waals surface area contributed by atoms with Crippen LogP contribution in [0, 0.1) is 0 Å². The molecule has 4 nitrogen and oxygen atoms in total. The van der Waals surface area contributed by atoms with Crippen molar-refractivity contribution in [1.82, 2.24) is 21.3 Å². The van der Waals surface area contributed by atoms with Gasteiger partial charge in [-0.3, -0.25) is 0 Å². The summed E-state index contributed by atoms with van der Waals surface area (Å²) in [6.07, 6.45) is 0. The number of hydrogen-bond acceptors (Lipinski definition) is 4. The molecular formula is C16H44N4Ru+3. The van der Waals surface area contributed by atoms with Crippen molar-refractivity contribution in [3.63, 3.8) is 0 Å². The molecule has 0 amide bonds. The maximum atomic E-state index is 3.11. The average Bonchev–Trinajstić information content (AvgIpc) is 2.44. The Labute approximate surface area is 148 Å². The van der Waals surface area contributed by atoms with E-state index in [1.54, 1.807) is 0 Å². The molecule has 1 radical (unpaired) electrons. The number of rotatable bonds is 8. The largest absolute Gasteiger partial charge is 3.00 e. The third-order valence-electron chi connectivity index (χ3n) is 2.00. The van der Waals surface area contributed by atoms with Crippen LogP contribution in [0.25, 0.3) is 0 Å². The van der Waals surface area contributed by atoms with Gasteiger partial charge in [0.15, 0.2) is 0 Å². The molecule has 0 aromatic carbocycles. The predicted molar refractivity (Wildman–Crippen MR) is 96.9 cm³/mol. The third-order valence-corrected chi connectivity index (χ3v) is 2.00. The first-order valence-electron chi connectivity index (χ1n) is 8.49. The van der Waals surface area contributed by atoms with E-state index in [2.05, 4.69) is 76.7 Å². The van der Waals surface area contributed by atoms with E-state index in [4.69, 9.17) is 0 Å². The Morgan fingerprint density at radius 3 is 0.429 bits per heavy atom. The molecule has 0 atom stereocenters. The van der Waals surface area contributed by atoms with Crippen LogP contribution in [0.1, 0.15) is 55.4 Å². The van der Waals surface area contributed by atoms with Gasteiger partial charge in [0.1, 0.15) is 0 Å². The van der Waals surface area contributed by atoms with Crippen LogP contribution >= 0.6 is 0 Å². The zero-order chi connectivity index (χ0) is 16.5. The molecule has 0 saturated carbocycles. The van der Waals surface area contributed by atoms with Gasteiger partial charge in [-0.2, -0.15) is 0 Å². The van der Waals surface area contributed by atoms with Gasteiger partial charge in [-0.05, 0) is 52.4 Å². The van der Waals surface area contributed by atoms with Gasteiger partial charge < -0.3 is 21.3 Å². The van der Waals surface area contributed by atoms with Gasteiger partial charge in [-0.15, -0.1) is 0 Å². The summed E-state index contributed by atoms with van der Waals surface area (Å²) in [5.74, 6) is 0. The standard InChI is InChI=1S/4C4H11N.Ru/c4*1-3-5-4-2;/h4*5H,3-4H2,1-2H3;/q;;;;+3. The SMILES string of the molecule is CCNCC.CCNCC.CCNCC.CCNCC.[Ru+3]. The summed E-state index contributed by atoms with van der Waals surface area (Å²) in [6.45, 7) is 25.6. The Bertz CT molecular complexity index is 74.3. The van der Waals surface area contributed by atoms with Gasteiger partial charge in [-0.25, -0.2) is 0 Å². The minimum atomic E-state index is 0. The van der Waals surface area contributed by atoms with Gasteiger partial charge >= 0.3 is 19.5 Å². The minimum absolute atomic E-state index is 0. The zero-order valence-electron chi connectivity index (χ0n) is 16.0. The van der Waals surface area contributed by atoms with Crippen LogP contribution in [-0.4, -0.2) is 52.4 Å². The molecule has 0 unspecified atom stereocenters. The van der Waals surface area contributed by atoms with Crippen molar-refractivity contribution in [3.8, 4) is 0 Å². The summed E-state index contributed by atoms with van der Waals surface area (Å²) in [5.41, 5.74) is 0. The summed E-state index contributed by atoms with van der Waals surface area (Å²) in [6, 6.07) is 0. The van der Waals surface area contributed by atoms with Crippen molar-refractivity contribution in [2.45, 2.75) is 55.4 Å². The summed E-state index contributed by atoms with van der Waals surface area (Å²) in [4.78, 5) is 0. The topological polar surface area (TPSA) is 48.1 Å². The van der Waals surface area contributed by atoms with Crippen molar-refractivity contribution < 1.29 is 19.5 Å². The van der Waals surface area contributed by atoms with Gasteiger partial charge in [0.2, 0.25) is 0 Å². The first kappa shape index (κ1) is 33.2. The van der Waals surface area contributed by atoms with Gasteiger partial charge in [0, 0.05) is 0 Å². The molecule has 0 aromatic heterocycles.